The number of amides is 4. The number of aliphatic hydroxyl groups is 1. The van der Waals surface area contributed by atoms with Crippen molar-refractivity contribution in [3.05, 3.63) is 58.1 Å². The number of rotatable bonds is 10. The second-order valence-corrected chi connectivity index (χ2v) is 9.61. The Morgan fingerprint density at radius 1 is 1.05 bits per heavy atom. The number of hydrogen-bond acceptors (Lipinski definition) is 6. The molecule has 0 aliphatic carbocycles. The average molecular weight is 607 g/mol. The van der Waals surface area contributed by atoms with Gasteiger partial charge in [0.2, 0.25) is 5.91 Å². The minimum Gasteiger partial charge on any atom is -0.394 e. The molecule has 1 atom stereocenters. The first kappa shape index (κ1) is 31.8. The molecule has 2 aromatic rings. The lowest BCUT2D eigenvalue weighted by atomic mass is 10.1. The van der Waals surface area contributed by atoms with Crippen molar-refractivity contribution < 1.29 is 41.4 Å². The summed E-state index contributed by atoms with van der Waals surface area (Å²) in [5.74, 6) is -4.83. The lowest BCUT2D eigenvalue weighted by molar-refractivity contribution is -0.138. The summed E-state index contributed by atoms with van der Waals surface area (Å²) in [4.78, 5) is 39.3. The number of carbonyl (C=O) groups is 3. The molecule has 1 heterocycles. The Bertz CT molecular complexity index is 1270. The number of carbonyl (C=O) groups excluding carboxylic acids is 3. The Hall–Kier alpha value is -3.69. The van der Waals surface area contributed by atoms with Gasteiger partial charge in [-0.15, -0.1) is 0 Å². The van der Waals surface area contributed by atoms with Crippen molar-refractivity contribution in [3.8, 4) is 0 Å². The predicted molar refractivity (Wildman–Crippen MR) is 141 cm³/mol. The molecule has 10 nitrogen and oxygen atoms in total. The maximum atomic E-state index is 14.9. The van der Waals surface area contributed by atoms with Crippen molar-refractivity contribution in [2.45, 2.75) is 25.2 Å². The monoisotopic (exact) mass is 606 g/mol. The first-order valence-electron chi connectivity index (χ1n) is 12.4. The molecule has 0 aromatic heterocycles. The fourth-order valence-corrected chi connectivity index (χ4v) is 4.22. The third kappa shape index (κ3) is 8.90. The number of nitrogens with two attached hydrogens (primary N) is 1. The zero-order valence-electron chi connectivity index (χ0n) is 21.5. The molecule has 0 bridgehead atoms. The van der Waals surface area contributed by atoms with Crippen molar-refractivity contribution in [1.29, 1.82) is 0 Å². The Morgan fingerprint density at radius 2 is 1.73 bits per heavy atom. The fraction of sp³-hybridized carbons (Fsp3) is 0.400. The molecule has 41 heavy (non-hydrogen) atoms. The summed E-state index contributed by atoms with van der Waals surface area (Å²) < 4.78 is 67.2. The van der Waals surface area contributed by atoms with E-state index in [9.17, 15) is 36.3 Å². The molecule has 6 N–H and O–H groups in total. The molecule has 2 aromatic carbocycles. The van der Waals surface area contributed by atoms with Gasteiger partial charge in [-0.1, -0.05) is 17.7 Å². The molecular weight excluding hydrogens is 579 g/mol. The number of anilines is 2. The van der Waals surface area contributed by atoms with Crippen LogP contribution < -0.4 is 26.6 Å². The highest BCUT2D eigenvalue weighted by molar-refractivity contribution is 6.31. The summed E-state index contributed by atoms with van der Waals surface area (Å²) in [5.41, 5.74) is 4.78. The number of nitrogens with one attached hydrogen (secondary N) is 3. The van der Waals surface area contributed by atoms with Crippen LogP contribution in [0, 0.1) is 11.6 Å². The van der Waals surface area contributed by atoms with Gasteiger partial charge in [-0.3, -0.25) is 14.5 Å². The summed E-state index contributed by atoms with van der Waals surface area (Å²) in [6.07, 6.45) is -5.18. The van der Waals surface area contributed by atoms with Gasteiger partial charge in [0.15, 0.2) is 11.6 Å². The van der Waals surface area contributed by atoms with Gasteiger partial charge in [0, 0.05) is 49.9 Å². The van der Waals surface area contributed by atoms with Gasteiger partial charge < -0.3 is 31.7 Å². The van der Waals surface area contributed by atoms with E-state index in [0.717, 1.165) is 12.1 Å². The first-order valence-corrected chi connectivity index (χ1v) is 12.7. The minimum atomic E-state index is -4.25. The number of hydrogen-bond donors (Lipinski definition) is 5. The van der Waals surface area contributed by atoms with E-state index in [1.54, 1.807) is 11.0 Å². The lowest BCUT2D eigenvalue weighted by Gasteiger charge is -2.37. The van der Waals surface area contributed by atoms with E-state index < -0.39 is 66.8 Å². The van der Waals surface area contributed by atoms with Crippen molar-refractivity contribution in [1.82, 2.24) is 15.5 Å². The third-order valence-corrected chi connectivity index (χ3v) is 6.55. The molecule has 16 heteroatoms. The van der Waals surface area contributed by atoms with Crippen LogP contribution in [0.25, 0.3) is 0 Å². The highest BCUT2D eigenvalue weighted by atomic mass is 35.5. The Kier molecular flexibility index (Phi) is 10.7. The number of aliphatic hydroxyl groups excluding tert-OH is 1. The number of benzene rings is 2. The summed E-state index contributed by atoms with van der Waals surface area (Å²) in [5, 5.41) is 16.1. The van der Waals surface area contributed by atoms with Gasteiger partial charge in [0.05, 0.1) is 30.0 Å². The highest BCUT2D eigenvalue weighted by Gasteiger charge is 2.29. The molecule has 0 spiro atoms. The molecule has 224 valence electrons. The van der Waals surface area contributed by atoms with Crippen molar-refractivity contribution in [2.24, 2.45) is 5.73 Å². The van der Waals surface area contributed by atoms with Crippen LogP contribution >= 0.6 is 11.6 Å². The number of primary amides is 1. The number of nitrogens with zero attached hydrogens (tertiary/aromatic N) is 2. The molecule has 1 aliphatic rings. The zero-order chi connectivity index (χ0) is 30.3. The quantitative estimate of drug-likeness (QED) is 0.264. The first-order chi connectivity index (χ1) is 19.3. The summed E-state index contributed by atoms with van der Waals surface area (Å²) >= 11 is 6.13. The van der Waals surface area contributed by atoms with Gasteiger partial charge >= 0.3 is 12.2 Å². The van der Waals surface area contributed by atoms with E-state index >= 15 is 0 Å². The summed E-state index contributed by atoms with van der Waals surface area (Å²) in [6, 6.07) is 4.28. The number of alkyl halides is 3. The van der Waals surface area contributed by atoms with Gasteiger partial charge in [0.25, 0.3) is 5.91 Å². The van der Waals surface area contributed by atoms with E-state index in [4.69, 9.17) is 22.4 Å². The van der Waals surface area contributed by atoms with Gasteiger partial charge in [-0.2, -0.15) is 13.2 Å². The Labute approximate surface area is 236 Å². The van der Waals surface area contributed by atoms with Crippen LogP contribution in [0.3, 0.4) is 0 Å². The van der Waals surface area contributed by atoms with Crippen molar-refractivity contribution >= 4 is 40.8 Å². The van der Waals surface area contributed by atoms with E-state index in [2.05, 4.69) is 16.0 Å². The van der Waals surface area contributed by atoms with Crippen LogP contribution in [0.15, 0.2) is 30.3 Å². The second kappa shape index (κ2) is 13.8. The predicted octanol–water partition coefficient (Wildman–Crippen LogP) is 2.59. The van der Waals surface area contributed by atoms with Crippen LogP contribution in [-0.2, 0) is 11.3 Å². The highest BCUT2D eigenvalue weighted by Crippen LogP contribution is 2.31. The van der Waals surface area contributed by atoms with Gasteiger partial charge in [-0.25, -0.2) is 13.6 Å². The van der Waals surface area contributed by atoms with Crippen molar-refractivity contribution in [2.75, 3.05) is 49.5 Å². The van der Waals surface area contributed by atoms with E-state index in [-0.39, 0.29) is 17.8 Å². The minimum absolute atomic E-state index is 0.131. The lowest BCUT2D eigenvalue weighted by Crippen LogP contribution is -2.50. The summed E-state index contributed by atoms with van der Waals surface area (Å²) in [7, 11) is 0. The molecule has 0 radical (unpaired) electrons. The maximum absolute atomic E-state index is 14.9. The third-order valence-electron chi connectivity index (χ3n) is 6.31. The molecule has 1 fully saturated rings. The van der Waals surface area contributed by atoms with E-state index in [1.165, 1.54) is 12.1 Å². The van der Waals surface area contributed by atoms with Crippen molar-refractivity contribution in [3.63, 3.8) is 0 Å². The van der Waals surface area contributed by atoms with Crippen LogP contribution in [-0.4, -0.2) is 79.4 Å². The van der Waals surface area contributed by atoms with Gasteiger partial charge in [0.1, 0.15) is 6.04 Å². The standard InChI is InChI=1S/C25H28ClF5N6O4/c26-15-2-4-17(19(11-15)37-9-7-36(8-10-37)6-5-25(29,30)31)34-23(40)16-3-1-14(20(27)21(16)28)12-33-24(41)35-18(13-38)22(32)39/h1-4,11,18,38H,5-10,12-13H2,(H2,32,39)(H,34,40)(H2,33,35,41)/t18-/m0/s1. The smallest absolute Gasteiger partial charge is 0.390 e. The maximum Gasteiger partial charge on any atom is 0.390 e. The molecule has 4 amide bonds. The van der Waals surface area contributed by atoms with Crippen LogP contribution in [0.2, 0.25) is 5.02 Å². The molecular formula is C25H28ClF5N6O4. The number of urea groups is 1. The molecule has 0 saturated carbocycles. The largest absolute Gasteiger partial charge is 0.394 e. The second-order valence-electron chi connectivity index (χ2n) is 9.17. The number of halogens is 6. The fourth-order valence-electron chi connectivity index (χ4n) is 4.05. The van der Waals surface area contributed by atoms with Crippen LogP contribution in [0.4, 0.5) is 38.1 Å². The Morgan fingerprint density at radius 3 is 2.34 bits per heavy atom. The SMILES string of the molecule is NC(=O)[C@H](CO)NC(=O)NCc1ccc(C(=O)Nc2ccc(Cl)cc2N2CCN(CCC(F)(F)F)CC2)c(F)c1F. The van der Waals surface area contributed by atoms with E-state index in [1.807, 2.05) is 4.90 Å². The normalized spacial score (nSPS) is 14.9. The average Bonchev–Trinajstić information content (AvgIpc) is 2.92. The van der Waals surface area contributed by atoms with Gasteiger partial charge in [-0.05, 0) is 24.3 Å². The molecule has 3 rings (SSSR count). The summed E-state index contributed by atoms with van der Waals surface area (Å²) in [6.45, 7) is -0.0323. The van der Waals surface area contributed by atoms with E-state index in [0.29, 0.717) is 36.9 Å². The number of piperazine rings is 1. The molecule has 0 unspecified atom stereocenters. The molecule has 1 saturated heterocycles. The molecule has 1 aliphatic heterocycles. The zero-order valence-corrected chi connectivity index (χ0v) is 22.3. The van der Waals surface area contributed by atoms with Crippen LogP contribution in [0.5, 0.6) is 0 Å². The topological polar surface area (TPSA) is 140 Å². The van der Waals surface area contributed by atoms with Crippen LogP contribution in [0.1, 0.15) is 22.3 Å². The Balaban J connectivity index is 1.67.